The van der Waals surface area contributed by atoms with Crippen LogP contribution in [0, 0.1) is 0 Å². The van der Waals surface area contributed by atoms with Gasteiger partial charge in [-0.15, -0.1) is 0 Å². The molecule has 0 aromatic heterocycles. The lowest BCUT2D eigenvalue weighted by Gasteiger charge is -2.45. The summed E-state index contributed by atoms with van der Waals surface area (Å²) in [5, 5.41) is 0. The molecule has 0 N–H and O–H groups in total. The molecule has 2 bridgehead atoms. The van der Waals surface area contributed by atoms with E-state index in [0.717, 1.165) is 32.1 Å². The summed E-state index contributed by atoms with van der Waals surface area (Å²) < 4.78 is 17.8. The minimum absolute atomic E-state index is 0.174. The number of carbonyl (C=O) groups is 1. The van der Waals surface area contributed by atoms with Crippen LogP contribution < -0.4 is 0 Å². The van der Waals surface area contributed by atoms with E-state index < -0.39 is 5.60 Å². The molecule has 0 saturated carbocycles. The van der Waals surface area contributed by atoms with Crippen molar-refractivity contribution in [2.75, 3.05) is 6.67 Å². The maximum Gasteiger partial charge on any atom is 0.411 e. The van der Waals surface area contributed by atoms with Crippen molar-refractivity contribution in [1.29, 1.82) is 0 Å². The van der Waals surface area contributed by atoms with Crippen LogP contribution in [0.4, 0.5) is 9.18 Å². The second kappa shape index (κ2) is 6.80. The molecule has 0 aromatic rings. The van der Waals surface area contributed by atoms with E-state index in [2.05, 4.69) is 6.08 Å². The Balaban J connectivity index is 2.03. The molecule has 2 aliphatic rings. The molecule has 2 atom stereocenters. The third-order valence-electron chi connectivity index (χ3n) is 4.20. The SMILES string of the molecule is CC(C)(C)OC(=O)N1C2C=C(CCCCF)CC1CCC2. The summed E-state index contributed by atoms with van der Waals surface area (Å²) in [4.78, 5) is 14.4. The van der Waals surface area contributed by atoms with Crippen molar-refractivity contribution in [3.05, 3.63) is 11.6 Å². The highest BCUT2D eigenvalue weighted by Gasteiger charge is 2.38. The molecule has 4 heteroatoms. The van der Waals surface area contributed by atoms with Crippen LogP contribution >= 0.6 is 0 Å². The number of amides is 1. The summed E-state index contributed by atoms with van der Waals surface area (Å²) in [6.07, 6.45) is 8.74. The number of hydrogen-bond donors (Lipinski definition) is 0. The van der Waals surface area contributed by atoms with Crippen LogP contribution in [0.2, 0.25) is 0 Å². The molecule has 120 valence electrons. The van der Waals surface area contributed by atoms with Crippen molar-refractivity contribution in [3.63, 3.8) is 0 Å². The molecule has 1 amide bonds. The molecule has 21 heavy (non-hydrogen) atoms. The molecule has 1 fully saturated rings. The molecular weight excluding hydrogens is 269 g/mol. The molecule has 3 nitrogen and oxygen atoms in total. The first-order valence-corrected chi connectivity index (χ1v) is 8.17. The van der Waals surface area contributed by atoms with Gasteiger partial charge in [0.1, 0.15) is 5.60 Å². The van der Waals surface area contributed by atoms with Crippen LogP contribution in [-0.4, -0.2) is 35.4 Å². The number of unbranched alkanes of at least 4 members (excludes halogenated alkanes) is 1. The quantitative estimate of drug-likeness (QED) is 0.560. The van der Waals surface area contributed by atoms with Gasteiger partial charge < -0.3 is 4.74 Å². The lowest BCUT2D eigenvalue weighted by atomic mass is 9.84. The van der Waals surface area contributed by atoms with Gasteiger partial charge in [0.25, 0.3) is 0 Å². The van der Waals surface area contributed by atoms with Crippen LogP contribution in [-0.2, 0) is 4.74 Å². The van der Waals surface area contributed by atoms with Crippen LogP contribution in [0.5, 0.6) is 0 Å². The number of ether oxygens (including phenoxy) is 1. The zero-order chi connectivity index (χ0) is 15.5. The van der Waals surface area contributed by atoms with E-state index in [4.69, 9.17) is 4.74 Å². The Morgan fingerprint density at radius 3 is 2.76 bits per heavy atom. The summed E-state index contributed by atoms with van der Waals surface area (Å²) in [5.74, 6) is 0. The summed E-state index contributed by atoms with van der Waals surface area (Å²) >= 11 is 0. The number of alkyl halides is 1. The van der Waals surface area contributed by atoms with Gasteiger partial charge in [-0.05, 0) is 65.7 Å². The van der Waals surface area contributed by atoms with Crippen molar-refractivity contribution >= 4 is 6.09 Å². The van der Waals surface area contributed by atoms with Crippen LogP contribution in [0.25, 0.3) is 0 Å². The van der Waals surface area contributed by atoms with Crippen molar-refractivity contribution in [2.45, 2.75) is 83.4 Å². The molecule has 0 spiro atoms. The lowest BCUT2D eigenvalue weighted by Crippen LogP contribution is -2.53. The third-order valence-corrected chi connectivity index (χ3v) is 4.20. The minimum Gasteiger partial charge on any atom is -0.444 e. The summed E-state index contributed by atoms with van der Waals surface area (Å²) in [5.41, 5.74) is 0.953. The fourth-order valence-corrected chi connectivity index (χ4v) is 3.35. The normalized spacial score (nSPS) is 25.5. The molecule has 0 radical (unpaired) electrons. The zero-order valence-corrected chi connectivity index (χ0v) is 13.5. The highest BCUT2D eigenvalue weighted by Crippen LogP contribution is 2.35. The Bertz CT molecular complexity index is 400. The lowest BCUT2D eigenvalue weighted by molar-refractivity contribution is -0.00159. The molecule has 2 heterocycles. The fraction of sp³-hybridized carbons (Fsp3) is 0.824. The average Bonchev–Trinajstić information content (AvgIpc) is 2.35. The number of piperidine rings is 1. The van der Waals surface area contributed by atoms with Crippen molar-refractivity contribution in [2.24, 2.45) is 0 Å². The van der Waals surface area contributed by atoms with Crippen molar-refractivity contribution in [3.8, 4) is 0 Å². The van der Waals surface area contributed by atoms with Crippen molar-refractivity contribution in [1.82, 2.24) is 4.90 Å². The van der Waals surface area contributed by atoms with Gasteiger partial charge in [0.15, 0.2) is 0 Å². The number of carbonyl (C=O) groups excluding carboxylic acids is 1. The third kappa shape index (κ3) is 4.45. The Kier molecular flexibility index (Phi) is 5.28. The number of hydrogen-bond acceptors (Lipinski definition) is 2. The predicted octanol–water partition coefficient (Wildman–Crippen LogP) is 4.61. The number of fused-ring (bicyclic) bond motifs is 2. The number of rotatable bonds is 4. The van der Waals surface area contributed by atoms with Gasteiger partial charge in [0.05, 0.1) is 12.7 Å². The molecular formula is C17H28FNO2. The van der Waals surface area contributed by atoms with E-state index in [1.807, 2.05) is 25.7 Å². The van der Waals surface area contributed by atoms with Gasteiger partial charge in [-0.25, -0.2) is 4.79 Å². The van der Waals surface area contributed by atoms with Crippen molar-refractivity contribution < 1.29 is 13.9 Å². The highest BCUT2D eigenvalue weighted by atomic mass is 19.1. The average molecular weight is 297 g/mol. The Labute approximate surface area is 127 Å². The minimum atomic E-state index is -0.448. The summed E-state index contributed by atoms with van der Waals surface area (Å²) in [6.45, 7) is 5.48. The summed E-state index contributed by atoms with van der Waals surface area (Å²) in [6, 6.07) is 0.441. The first kappa shape index (κ1) is 16.3. The van der Waals surface area contributed by atoms with Crippen LogP contribution in [0.1, 0.15) is 65.7 Å². The van der Waals surface area contributed by atoms with Crippen LogP contribution in [0.3, 0.4) is 0 Å². The Hall–Kier alpha value is -1.06. The summed E-state index contributed by atoms with van der Waals surface area (Å²) in [7, 11) is 0. The zero-order valence-electron chi connectivity index (χ0n) is 13.5. The second-order valence-electron chi connectivity index (χ2n) is 7.21. The van der Waals surface area contributed by atoms with Gasteiger partial charge in [0, 0.05) is 6.04 Å². The van der Waals surface area contributed by atoms with E-state index in [-0.39, 0.29) is 24.9 Å². The molecule has 2 aliphatic heterocycles. The number of halogens is 1. The van der Waals surface area contributed by atoms with Gasteiger partial charge in [-0.2, -0.15) is 0 Å². The van der Waals surface area contributed by atoms with E-state index >= 15 is 0 Å². The van der Waals surface area contributed by atoms with Gasteiger partial charge >= 0.3 is 6.09 Å². The highest BCUT2D eigenvalue weighted by molar-refractivity contribution is 5.70. The van der Waals surface area contributed by atoms with Crippen LogP contribution in [0.15, 0.2) is 11.6 Å². The van der Waals surface area contributed by atoms with Gasteiger partial charge in [-0.1, -0.05) is 11.6 Å². The van der Waals surface area contributed by atoms with Gasteiger partial charge in [0.2, 0.25) is 0 Å². The van der Waals surface area contributed by atoms with E-state index in [1.165, 1.54) is 12.0 Å². The second-order valence-corrected chi connectivity index (χ2v) is 7.21. The Morgan fingerprint density at radius 1 is 1.38 bits per heavy atom. The standard InChI is InChI=1S/C17H28FNO2/c1-17(2,3)21-16(20)19-14-8-6-9-15(19)12-13(11-14)7-4-5-10-18/h11,14-15H,4-10,12H2,1-3H3. The molecule has 1 saturated heterocycles. The first-order valence-electron chi connectivity index (χ1n) is 8.17. The molecule has 2 rings (SSSR count). The van der Waals surface area contributed by atoms with E-state index in [9.17, 15) is 9.18 Å². The maximum absolute atomic E-state index is 12.4. The van der Waals surface area contributed by atoms with E-state index in [0.29, 0.717) is 6.42 Å². The fourth-order valence-electron chi connectivity index (χ4n) is 3.35. The monoisotopic (exact) mass is 297 g/mol. The Morgan fingerprint density at radius 2 is 2.14 bits per heavy atom. The predicted molar refractivity (Wildman–Crippen MR) is 82.0 cm³/mol. The molecule has 0 aliphatic carbocycles. The smallest absolute Gasteiger partial charge is 0.411 e. The topological polar surface area (TPSA) is 29.5 Å². The first-order chi connectivity index (χ1) is 9.90. The number of nitrogens with zero attached hydrogens (tertiary/aromatic N) is 1. The molecule has 2 unspecified atom stereocenters. The molecule has 0 aromatic carbocycles. The van der Waals surface area contributed by atoms with E-state index in [1.54, 1.807) is 0 Å². The maximum atomic E-state index is 12.4. The van der Waals surface area contributed by atoms with Gasteiger partial charge in [-0.3, -0.25) is 9.29 Å². The largest absolute Gasteiger partial charge is 0.444 e.